The molecule has 0 radical (unpaired) electrons. The van der Waals surface area contributed by atoms with Crippen LogP contribution in [0.2, 0.25) is 0 Å². The van der Waals surface area contributed by atoms with Crippen molar-refractivity contribution in [2.24, 2.45) is 10.7 Å². The fraction of sp³-hybridized carbons (Fsp3) is 0.562. The van der Waals surface area contributed by atoms with E-state index in [1.54, 1.807) is 0 Å². The molecule has 0 saturated carbocycles. The monoisotopic (exact) mass is 263 g/mol. The van der Waals surface area contributed by atoms with Gasteiger partial charge in [0.05, 0.1) is 0 Å². The summed E-state index contributed by atoms with van der Waals surface area (Å²) in [6.07, 6.45) is 2.76. The molecule has 0 unspecified atom stereocenters. The van der Waals surface area contributed by atoms with Crippen LogP contribution in [0.25, 0.3) is 0 Å². The molecule has 0 aromatic rings. The maximum atomic E-state index is 6.06. The highest BCUT2D eigenvalue weighted by Gasteiger charge is 2.07. The van der Waals surface area contributed by atoms with Gasteiger partial charge in [-0.2, -0.15) is 0 Å². The maximum Gasteiger partial charge on any atom is 0.191 e. The van der Waals surface area contributed by atoms with E-state index in [-0.39, 0.29) is 0 Å². The van der Waals surface area contributed by atoms with E-state index < -0.39 is 0 Å². The Labute approximate surface area is 118 Å². The fourth-order valence-corrected chi connectivity index (χ4v) is 1.45. The van der Waals surface area contributed by atoms with Crippen molar-refractivity contribution >= 4 is 5.96 Å². The number of hydrogen-bond acceptors (Lipinski definition) is 1. The fourth-order valence-electron chi connectivity index (χ4n) is 1.45. The summed E-state index contributed by atoms with van der Waals surface area (Å²) in [6, 6.07) is 0. The zero-order valence-corrected chi connectivity index (χ0v) is 12.8. The van der Waals surface area contributed by atoms with Crippen LogP contribution in [0, 0.1) is 0 Å². The van der Waals surface area contributed by atoms with Crippen molar-refractivity contribution < 1.29 is 0 Å². The van der Waals surface area contributed by atoms with Crippen molar-refractivity contribution in [2.45, 2.75) is 40.0 Å². The topological polar surface area (TPSA) is 41.6 Å². The molecule has 3 heteroatoms. The average Bonchev–Trinajstić information content (AvgIpc) is 2.27. The second kappa shape index (κ2) is 9.42. The number of guanidine groups is 1. The lowest BCUT2D eigenvalue weighted by atomic mass is 10.2. The third kappa shape index (κ3) is 10.1. The van der Waals surface area contributed by atoms with E-state index in [9.17, 15) is 0 Å². The molecule has 2 N–H and O–H groups in total. The first-order valence-electron chi connectivity index (χ1n) is 6.81. The Balaban J connectivity index is 4.46. The summed E-state index contributed by atoms with van der Waals surface area (Å²) in [6.45, 7) is 20.2. The molecule has 19 heavy (non-hydrogen) atoms. The van der Waals surface area contributed by atoms with E-state index in [1.807, 2.05) is 20.8 Å². The molecular weight excluding hydrogens is 234 g/mol. The Morgan fingerprint density at radius 2 is 1.32 bits per heavy atom. The largest absolute Gasteiger partial charge is 0.370 e. The second-order valence-corrected chi connectivity index (χ2v) is 5.35. The first kappa shape index (κ1) is 17.5. The van der Waals surface area contributed by atoms with Crippen molar-refractivity contribution in [3.63, 3.8) is 0 Å². The summed E-state index contributed by atoms with van der Waals surface area (Å²) in [5.41, 5.74) is 9.52. The van der Waals surface area contributed by atoms with Gasteiger partial charge in [-0.1, -0.05) is 16.7 Å². The van der Waals surface area contributed by atoms with E-state index in [4.69, 9.17) is 5.73 Å². The van der Waals surface area contributed by atoms with Crippen molar-refractivity contribution in [3.8, 4) is 0 Å². The minimum atomic E-state index is 0.615. The van der Waals surface area contributed by atoms with E-state index >= 15 is 0 Å². The average molecular weight is 263 g/mol. The van der Waals surface area contributed by atoms with Gasteiger partial charge in [0, 0.05) is 19.6 Å². The Morgan fingerprint density at radius 1 is 0.895 bits per heavy atom. The smallest absolute Gasteiger partial charge is 0.191 e. The van der Waals surface area contributed by atoms with Crippen LogP contribution >= 0.6 is 0 Å². The molecule has 0 heterocycles. The van der Waals surface area contributed by atoms with E-state index in [0.29, 0.717) is 12.5 Å². The van der Waals surface area contributed by atoms with Crippen LogP contribution in [0.5, 0.6) is 0 Å². The molecular formula is C16H29N3. The van der Waals surface area contributed by atoms with Gasteiger partial charge < -0.3 is 10.6 Å². The number of aliphatic imine (C=N–C) groups is 1. The van der Waals surface area contributed by atoms with Crippen LogP contribution in [-0.4, -0.2) is 30.5 Å². The molecule has 0 rings (SSSR count). The molecule has 0 bridgehead atoms. The van der Waals surface area contributed by atoms with Crippen molar-refractivity contribution in [2.75, 3.05) is 19.6 Å². The van der Waals surface area contributed by atoms with Crippen LogP contribution in [0.4, 0.5) is 0 Å². The highest BCUT2D eigenvalue weighted by molar-refractivity contribution is 5.78. The normalized spacial score (nSPS) is 11.2. The van der Waals surface area contributed by atoms with Gasteiger partial charge in [-0.3, -0.25) is 4.99 Å². The third-order valence-corrected chi connectivity index (χ3v) is 2.75. The summed E-state index contributed by atoms with van der Waals surface area (Å²) in [5, 5.41) is 0. The van der Waals surface area contributed by atoms with Crippen LogP contribution in [0.15, 0.2) is 41.4 Å². The molecule has 3 nitrogen and oxygen atoms in total. The number of rotatable bonds is 9. The minimum Gasteiger partial charge on any atom is -0.370 e. The summed E-state index contributed by atoms with van der Waals surface area (Å²) in [4.78, 5) is 6.53. The van der Waals surface area contributed by atoms with Gasteiger partial charge in [0.1, 0.15) is 0 Å². The predicted octanol–water partition coefficient (Wildman–Crippen LogP) is 3.50. The Bertz CT molecular complexity index is 335. The number of nitrogens with two attached hydrogens (primary N) is 1. The van der Waals surface area contributed by atoms with Crippen molar-refractivity contribution in [1.82, 2.24) is 4.90 Å². The lowest BCUT2D eigenvalue weighted by molar-refractivity contribution is 0.419. The molecule has 0 aromatic carbocycles. The summed E-state index contributed by atoms with van der Waals surface area (Å²) in [5.74, 6) is 0.615. The molecule has 0 saturated heterocycles. The Kier molecular flexibility index (Phi) is 8.68. The highest BCUT2D eigenvalue weighted by atomic mass is 15.2. The molecule has 0 aliphatic heterocycles. The summed E-state index contributed by atoms with van der Waals surface area (Å²) in [7, 11) is 0. The highest BCUT2D eigenvalue weighted by Crippen LogP contribution is 2.04. The first-order chi connectivity index (χ1) is 8.82. The van der Waals surface area contributed by atoms with E-state index in [0.717, 1.165) is 49.1 Å². The van der Waals surface area contributed by atoms with Crippen LogP contribution in [0.3, 0.4) is 0 Å². The van der Waals surface area contributed by atoms with Gasteiger partial charge in [-0.05, 0) is 40.0 Å². The van der Waals surface area contributed by atoms with Gasteiger partial charge in [0.15, 0.2) is 5.96 Å². The molecule has 0 fully saturated rings. The second-order valence-electron chi connectivity index (χ2n) is 5.35. The van der Waals surface area contributed by atoms with Gasteiger partial charge in [0.2, 0.25) is 0 Å². The van der Waals surface area contributed by atoms with Crippen molar-refractivity contribution in [1.29, 1.82) is 0 Å². The van der Waals surface area contributed by atoms with E-state index in [1.165, 1.54) is 0 Å². The minimum absolute atomic E-state index is 0.615. The molecule has 0 aliphatic rings. The van der Waals surface area contributed by atoms with Gasteiger partial charge in [-0.25, -0.2) is 0 Å². The van der Waals surface area contributed by atoms with E-state index in [2.05, 4.69) is 29.6 Å². The molecule has 0 aromatic heterocycles. The zero-order valence-electron chi connectivity index (χ0n) is 12.8. The molecule has 0 amide bonds. The van der Waals surface area contributed by atoms with Gasteiger partial charge in [0.25, 0.3) is 0 Å². The molecule has 108 valence electrons. The number of nitrogens with zero attached hydrogens (tertiary/aromatic N) is 2. The van der Waals surface area contributed by atoms with Gasteiger partial charge >= 0.3 is 0 Å². The predicted molar refractivity (Wildman–Crippen MR) is 86.4 cm³/mol. The third-order valence-electron chi connectivity index (χ3n) is 2.75. The van der Waals surface area contributed by atoms with Crippen LogP contribution < -0.4 is 5.73 Å². The first-order valence-corrected chi connectivity index (χ1v) is 6.81. The Morgan fingerprint density at radius 3 is 1.68 bits per heavy atom. The van der Waals surface area contributed by atoms with Gasteiger partial charge in [-0.15, -0.1) is 19.7 Å². The Hall–Kier alpha value is -1.51. The van der Waals surface area contributed by atoms with Crippen LogP contribution in [-0.2, 0) is 0 Å². The summed E-state index contributed by atoms with van der Waals surface area (Å²) >= 11 is 0. The summed E-state index contributed by atoms with van der Waals surface area (Å²) < 4.78 is 0. The van der Waals surface area contributed by atoms with Crippen LogP contribution in [0.1, 0.15) is 40.0 Å². The molecule has 0 aliphatic carbocycles. The number of hydrogen-bond donors (Lipinski definition) is 1. The molecule has 0 atom stereocenters. The zero-order chi connectivity index (χ0) is 14.8. The lowest BCUT2D eigenvalue weighted by Gasteiger charge is -2.24. The van der Waals surface area contributed by atoms with Crippen molar-refractivity contribution in [3.05, 3.63) is 36.5 Å². The SMILES string of the molecule is C=C(C)CCN=C(N)N(CCC(=C)C)CCC(=C)C. The maximum absolute atomic E-state index is 6.06. The quantitative estimate of drug-likeness (QED) is 0.393. The lowest BCUT2D eigenvalue weighted by Crippen LogP contribution is -2.39. The standard InChI is InChI=1S/C16H29N3/c1-13(2)7-10-18-16(17)19(11-8-14(3)4)12-9-15(5)6/h1,3,5,7-12H2,2,4,6H3,(H2,17,18). The molecule has 0 spiro atoms.